The van der Waals surface area contributed by atoms with Gasteiger partial charge < -0.3 is 9.84 Å². The Labute approximate surface area is 122 Å². The van der Waals surface area contributed by atoms with E-state index in [1.807, 2.05) is 0 Å². The first-order valence-corrected chi connectivity index (χ1v) is 7.15. The summed E-state index contributed by atoms with van der Waals surface area (Å²) in [5, 5.41) is 6.75. The van der Waals surface area contributed by atoms with Crippen molar-refractivity contribution in [3.63, 3.8) is 0 Å². The van der Waals surface area contributed by atoms with Crippen LogP contribution >= 0.6 is 0 Å². The number of nitrogens with one attached hydrogen (secondary N) is 1. The summed E-state index contributed by atoms with van der Waals surface area (Å²) >= 11 is 0. The van der Waals surface area contributed by atoms with Crippen LogP contribution in [0.25, 0.3) is 11.5 Å². The van der Waals surface area contributed by atoms with Crippen LogP contribution < -0.4 is 5.32 Å². The van der Waals surface area contributed by atoms with Gasteiger partial charge in [0, 0.05) is 18.4 Å². The highest BCUT2D eigenvalue weighted by Gasteiger charge is 2.25. The van der Waals surface area contributed by atoms with Crippen LogP contribution in [0.15, 0.2) is 23.1 Å². The van der Waals surface area contributed by atoms with Gasteiger partial charge in [-0.25, -0.2) is 4.98 Å². The standard InChI is InChI=1S/C14H17N5O2/c1-9-4-2-3-5-10(9)17-13(20)14-18-12(19-21-14)11-8-15-6-7-16-11/h6-10H,2-5H2,1H3,(H,17,20)/t9-,10+/m0/s1. The molecule has 0 radical (unpaired) electrons. The predicted octanol–water partition coefficient (Wildman–Crippen LogP) is 1.84. The van der Waals surface area contributed by atoms with E-state index in [0.717, 1.165) is 19.3 Å². The van der Waals surface area contributed by atoms with Crippen molar-refractivity contribution in [2.75, 3.05) is 0 Å². The highest BCUT2D eigenvalue weighted by molar-refractivity contribution is 5.90. The van der Waals surface area contributed by atoms with Crippen LogP contribution in [0.2, 0.25) is 0 Å². The van der Waals surface area contributed by atoms with E-state index in [4.69, 9.17) is 4.52 Å². The van der Waals surface area contributed by atoms with Crippen LogP contribution in [-0.2, 0) is 0 Å². The van der Waals surface area contributed by atoms with Crippen molar-refractivity contribution in [2.45, 2.75) is 38.6 Å². The summed E-state index contributed by atoms with van der Waals surface area (Å²) in [5.41, 5.74) is 0.478. The SMILES string of the molecule is C[C@H]1CCCC[C@H]1NC(=O)c1nc(-c2cnccn2)no1. The molecule has 1 amide bonds. The molecule has 0 aliphatic heterocycles. The molecule has 1 saturated carbocycles. The molecule has 0 spiro atoms. The highest BCUT2D eigenvalue weighted by atomic mass is 16.5. The average molecular weight is 287 g/mol. The summed E-state index contributed by atoms with van der Waals surface area (Å²) in [6, 6.07) is 0.179. The Morgan fingerprint density at radius 3 is 2.95 bits per heavy atom. The van der Waals surface area contributed by atoms with Gasteiger partial charge in [0.05, 0.1) is 6.20 Å². The lowest BCUT2D eigenvalue weighted by Gasteiger charge is -2.28. The molecule has 1 aliphatic rings. The Kier molecular flexibility index (Phi) is 3.89. The van der Waals surface area contributed by atoms with Gasteiger partial charge in [-0.3, -0.25) is 9.78 Å². The fraction of sp³-hybridized carbons (Fsp3) is 0.500. The van der Waals surface area contributed by atoms with Gasteiger partial charge in [-0.1, -0.05) is 24.9 Å². The van der Waals surface area contributed by atoms with Gasteiger partial charge in [-0.15, -0.1) is 0 Å². The summed E-state index contributed by atoms with van der Waals surface area (Å²) in [4.78, 5) is 24.2. The van der Waals surface area contributed by atoms with Crippen LogP contribution in [0.5, 0.6) is 0 Å². The Bertz CT molecular complexity index is 613. The van der Waals surface area contributed by atoms with Gasteiger partial charge in [0.25, 0.3) is 0 Å². The number of hydrogen-bond donors (Lipinski definition) is 1. The number of nitrogens with zero attached hydrogens (tertiary/aromatic N) is 4. The molecule has 0 unspecified atom stereocenters. The van der Waals surface area contributed by atoms with Crippen molar-refractivity contribution in [3.05, 3.63) is 24.5 Å². The first-order valence-electron chi connectivity index (χ1n) is 7.15. The van der Waals surface area contributed by atoms with E-state index in [-0.39, 0.29) is 23.7 Å². The summed E-state index contributed by atoms with van der Waals surface area (Å²) in [6.07, 6.45) is 9.12. The number of hydrogen-bond acceptors (Lipinski definition) is 6. The summed E-state index contributed by atoms with van der Waals surface area (Å²) in [6.45, 7) is 2.16. The fourth-order valence-corrected chi connectivity index (χ4v) is 2.60. The van der Waals surface area contributed by atoms with Gasteiger partial charge in [0.1, 0.15) is 5.69 Å². The lowest BCUT2D eigenvalue weighted by molar-refractivity contribution is 0.0865. The third kappa shape index (κ3) is 3.07. The van der Waals surface area contributed by atoms with E-state index in [1.165, 1.54) is 18.8 Å². The number of rotatable bonds is 3. The zero-order valence-electron chi connectivity index (χ0n) is 11.8. The quantitative estimate of drug-likeness (QED) is 0.925. The molecule has 1 fully saturated rings. The third-order valence-electron chi connectivity index (χ3n) is 3.84. The van der Waals surface area contributed by atoms with E-state index in [2.05, 4.69) is 32.3 Å². The second kappa shape index (κ2) is 5.99. The Hall–Kier alpha value is -2.31. The van der Waals surface area contributed by atoms with Gasteiger partial charge in [-0.05, 0) is 18.8 Å². The number of aromatic nitrogens is 4. The van der Waals surface area contributed by atoms with Crippen LogP contribution in [0, 0.1) is 5.92 Å². The largest absolute Gasteiger partial charge is 0.345 e. The summed E-state index contributed by atoms with van der Waals surface area (Å²) in [7, 11) is 0. The maximum Gasteiger partial charge on any atom is 0.316 e. The van der Waals surface area contributed by atoms with Crippen molar-refractivity contribution in [3.8, 4) is 11.5 Å². The topological polar surface area (TPSA) is 93.8 Å². The monoisotopic (exact) mass is 287 g/mol. The molecular weight excluding hydrogens is 270 g/mol. The molecular formula is C14H17N5O2. The van der Waals surface area contributed by atoms with Crippen LogP contribution in [-0.4, -0.2) is 32.1 Å². The van der Waals surface area contributed by atoms with E-state index in [1.54, 1.807) is 6.20 Å². The van der Waals surface area contributed by atoms with Crippen molar-refractivity contribution >= 4 is 5.91 Å². The van der Waals surface area contributed by atoms with Crippen molar-refractivity contribution in [1.82, 2.24) is 25.4 Å². The van der Waals surface area contributed by atoms with Gasteiger partial charge >= 0.3 is 11.8 Å². The Morgan fingerprint density at radius 1 is 1.33 bits per heavy atom. The maximum absolute atomic E-state index is 12.2. The molecule has 2 atom stereocenters. The molecule has 0 bridgehead atoms. The van der Waals surface area contributed by atoms with E-state index >= 15 is 0 Å². The van der Waals surface area contributed by atoms with Crippen molar-refractivity contribution < 1.29 is 9.32 Å². The maximum atomic E-state index is 12.2. The first kappa shape index (κ1) is 13.7. The summed E-state index contributed by atoms with van der Waals surface area (Å²) < 4.78 is 5.02. The van der Waals surface area contributed by atoms with Gasteiger partial charge in [0.15, 0.2) is 0 Å². The minimum Gasteiger partial charge on any atom is -0.345 e. The van der Waals surface area contributed by atoms with Gasteiger partial charge in [-0.2, -0.15) is 4.98 Å². The zero-order valence-corrected chi connectivity index (χ0v) is 11.8. The molecule has 7 nitrogen and oxygen atoms in total. The number of carbonyl (C=O) groups excluding carboxylic acids is 1. The van der Waals surface area contributed by atoms with E-state index in [0.29, 0.717) is 11.6 Å². The van der Waals surface area contributed by atoms with E-state index < -0.39 is 0 Å². The normalized spacial score (nSPS) is 22.0. The second-order valence-corrected chi connectivity index (χ2v) is 5.36. The smallest absolute Gasteiger partial charge is 0.316 e. The van der Waals surface area contributed by atoms with Crippen molar-refractivity contribution in [1.29, 1.82) is 0 Å². The number of carbonyl (C=O) groups is 1. The van der Waals surface area contributed by atoms with Crippen molar-refractivity contribution in [2.24, 2.45) is 5.92 Å². The predicted molar refractivity (Wildman–Crippen MR) is 74.2 cm³/mol. The third-order valence-corrected chi connectivity index (χ3v) is 3.84. The fourth-order valence-electron chi connectivity index (χ4n) is 2.60. The lowest BCUT2D eigenvalue weighted by Crippen LogP contribution is -2.41. The molecule has 2 aromatic rings. The lowest BCUT2D eigenvalue weighted by atomic mass is 9.86. The van der Waals surface area contributed by atoms with Crippen LogP contribution in [0.4, 0.5) is 0 Å². The van der Waals surface area contributed by atoms with Crippen LogP contribution in [0.1, 0.15) is 43.3 Å². The first-order chi connectivity index (χ1) is 10.2. The molecule has 3 rings (SSSR count). The minimum absolute atomic E-state index is 0.0339. The molecule has 2 heterocycles. The summed E-state index contributed by atoms with van der Waals surface area (Å²) in [5.74, 6) is 0.389. The second-order valence-electron chi connectivity index (χ2n) is 5.36. The molecule has 1 aliphatic carbocycles. The molecule has 7 heteroatoms. The highest BCUT2D eigenvalue weighted by Crippen LogP contribution is 2.24. The van der Waals surface area contributed by atoms with Crippen LogP contribution in [0.3, 0.4) is 0 Å². The van der Waals surface area contributed by atoms with Gasteiger partial charge in [0.2, 0.25) is 5.82 Å². The van der Waals surface area contributed by atoms with E-state index in [9.17, 15) is 4.79 Å². The molecule has 0 saturated heterocycles. The Balaban J connectivity index is 1.69. The molecule has 21 heavy (non-hydrogen) atoms. The number of amides is 1. The molecule has 1 N–H and O–H groups in total. The molecule has 110 valence electrons. The minimum atomic E-state index is -0.323. The average Bonchev–Trinajstić information content (AvgIpc) is 3.00. The zero-order chi connectivity index (χ0) is 14.7. The Morgan fingerprint density at radius 2 is 2.19 bits per heavy atom. The molecule has 0 aromatic carbocycles. The molecule has 2 aromatic heterocycles.